The molecular weight excluding hydrogens is 402 g/mol. The molecule has 8 nitrogen and oxygen atoms in total. The molecule has 158 valence electrons. The normalized spacial score (nSPS) is 11.9. The molecule has 0 aliphatic rings. The maximum Gasteiger partial charge on any atom is 0.238 e. The van der Waals surface area contributed by atoms with E-state index in [9.17, 15) is 4.79 Å². The highest BCUT2D eigenvalue weighted by Gasteiger charge is 2.27. The molecule has 30 heavy (non-hydrogen) atoms. The maximum atomic E-state index is 12.9. The number of hydrogen-bond acceptors (Lipinski definition) is 7. The van der Waals surface area contributed by atoms with Crippen LogP contribution in [0.15, 0.2) is 53.7 Å². The van der Waals surface area contributed by atoms with Gasteiger partial charge in [-0.05, 0) is 54.4 Å². The minimum Gasteiger partial charge on any atom is -0.497 e. The number of thioether (sulfide) groups is 1. The number of rotatable bonds is 8. The van der Waals surface area contributed by atoms with Crippen molar-refractivity contribution < 1.29 is 14.3 Å². The Morgan fingerprint density at radius 3 is 2.10 bits per heavy atom. The van der Waals surface area contributed by atoms with Gasteiger partial charge in [0.05, 0.1) is 19.5 Å². The lowest BCUT2D eigenvalue weighted by molar-refractivity contribution is -0.116. The molecule has 1 amide bonds. The summed E-state index contributed by atoms with van der Waals surface area (Å²) in [6, 6.07) is 14.6. The van der Waals surface area contributed by atoms with Gasteiger partial charge < -0.3 is 20.6 Å². The topological polar surface area (TPSA) is 104 Å². The molecule has 1 atom stereocenters. The first-order chi connectivity index (χ1) is 14.4. The van der Waals surface area contributed by atoms with Crippen molar-refractivity contribution in [3.8, 4) is 22.9 Å². The number of anilines is 1. The molecule has 0 bridgehead atoms. The van der Waals surface area contributed by atoms with Crippen molar-refractivity contribution in [1.29, 1.82) is 0 Å². The van der Waals surface area contributed by atoms with Gasteiger partial charge in [-0.25, -0.2) is 4.68 Å². The molecule has 1 heterocycles. The van der Waals surface area contributed by atoms with Crippen LogP contribution in [0, 0.1) is 5.92 Å². The second kappa shape index (κ2) is 9.53. The van der Waals surface area contributed by atoms with Crippen LogP contribution in [0.3, 0.4) is 0 Å². The molecule has 3 rings (SSSR count). The molecule has 0 spiro atoms. The van der Waals surface area contributed by atoms with Gasteiger partial charge >= 0.3 is 0 Å². The molecule has 0 aliphatic heterocycles. The first-order valence-corrected chi connectivity index (χ1v) is 10.3. The molecule has 1 aromatic heterocycles. The van der Waals surface area contributed by atoms with Crippen LogP contribution in [0.1, 0.15) is 13.8 Å². The average molecular weight is 428 g/mol. The number of hydrogen-bond donors (Lipinski definition) is 2. The van der Waals surface area contributed by atoms with Gasteiger partial charge in [-0.1, -0.05) is 25.6 Å². The van der Waals surface area contributed by atoms with Crippen LogP contribution >= 0.6 is 11.8 Å². The van der Waals surface area contributed by atoms with Gasteiger partial charge in [0.1, 0.15) is 11.5 Å². The molecular formula is C21H25N5O3S. The first-order valence-electron chi connectivity index (χ1n) is 9.39. The largest absolute Gasteiger partial charge is 0.497 e. The molecule has 0 aliphatic carbocycles. The third-order valence-electron chi connectivity index (χ3n) is 4.47. The maximum absolute atomic E-state index is 12.9. The number of amides is 1. The monoisotopic (exact) mass is 427 g/mol. The van der Waals surface area contributed by atoms with Crippen molar-refractivity contribution in [2.24, 2.45) is 5.92 Å². The van der Waals surface area contributed by atoms with Gasteiger partial charge in [0, 0.05) is 11.3 Å². The molecule has 0 saturated heterocycles. The van der Waals surface area contributed by atoms with Crippen molar-refractivity contribution in [3.05, 3.63) is 48.5 Å². The molecule has 0 saturated carbocycles. The highest BCUT2D eigenvalue weighted by atomic mass is 32.2. The predicted octanol–water partition coefficient (Wildman–Crippen LogP) is 3.43. The van der Waals surface area contributed by atoms with E-state index >= 15 is 0 Å². The Kier molecular flexibility index (Phi) is 6.83. The van der Waals surface area contributed by atoms with E-state index in [1.165, 1.54) is 16.4 Å². The van der Waals surface area contributed by atoms with E-state index < -0.39 is 5.25 Å². The number of nitrogens with two attached hydrogens (primary N) is 1. The summed E-state index contributed by atoms with van der Waals surface area (Å²) in [5.74, 6) is 8.13. The SMILES string of the molecule is COc1ccc(NC(=O)C(Sc2nnc(-c3ccc(OC)cc3)n2N)C(C)C)cc1. The van der Waals surface area contributed by atoms with Crippen LogP contribution in [0.4, 0.5) is 5.69 Å². The number of methoxy groups -OCH3 is 2. The fourth-order valence-corrected chi connectivity index (χ4v) is 3.74. The fraction of sp³-hybridized carbons (Fsp3) is 0.286. The Bertz CT molecular complexity index is 987. The lowest BCUT2D eigenvalue weighted by Crippen LogP contribution is -2.30. The van der Waals surface area contributed by atoms with Crippen LogP contribution in [-0.2, 0) is 4.79 Å². The van der Waals surface area contributed by atoms with Gasteiger partial charge in [-0.2, -0.15) is 0 Å². The summed E-state index contributed by atoms with van der Waals surface area (Å²) in [6.45, 7) is 3.96. The van der Waals surface area contributed by atoms with Crippen molar-refractivity contribution in [2.75, 3.05) is 25.4 Å². The molecule has 1 unspecified atom stereocenters. The molecule has 0 radical (unpaired) electrons. The Morgan fingerprint density at radius 2 is 1.57 bits per heavy atom. The van der Waals surface area contributed by atoms with E-state index in [1.54, 1.807) is 38.5 Å². The number of carbonyl (C=O) groups is 1. The van der Waals surface area contributed by atoms with E-state index in [2.05, 4.69) is 15.5 Å². The van der Waals surface area contributed by atoms with E-state index in [-0.39, 0.29) is 11.8 Å². The summed E-state index contributed by atoms with van der Waals surface area (Å²) >= 11 is 1.28. The van der Waals surface area contributed by atoms with Gasteiger partial charge in [0.15, 0.2) is 5.82 Å². The Hall–Kier alpha value is -3.20. The number of ether oxygens (including phenoxy) is 2. The quantitative estimate of drug-likeness (QED) is 0.419. The lowest BCUT2D eigenvalue weighted by atomic mass is 10.1. The van der Waals surface area contributed by atoms with Crippen molar-refractivity contribution >= 4 is 23.4 Å². The number of nitrogens with one attached hydrogen (secondary N) is 1. The number of aromatic nitrogens is 3. The van der Waals surface area contributed by atoms with Crippen LogP contribution in [0.25, 0.3) is 11.4 Å². The zero-order valence-electron chi connectivity index (χ0n) is 17.3. The Balaban J connectivity index is 1.75. The summed E-state index contributed by atoms with van der Waals surface area (Å²) in [4.78, 5) is 12.9. The summed E-state index contributed by atoms with van der Waals surface area (Å²) in [6.07, 6.45) is 0. The standard InChI is InChI=1S/C21H25N5O3S/c1-13(2)18(20(27)23-15-7-11-17(29-4)12-8-15)30-21-25-24-19(26(21)22)14-5-9-16(28-3)10-6-14/h5-13,18H,22H2,1-4H3,(H,23,27). The average Bonchev–Trinajstić information content (AvgIpc) is 3.12. The Morgan fingerprint density at radius 1 is 1.00 bits per heavy atom. The van der Waals surface area contributed by atoms with Crippen molar-refractivity contribution in [3.63, 3.8) is 0 Å². The smallest absolute Gasteiger partial charge is 0.238 e. The summed E-state index contributed by atoms with van der Waals surface area (Å²) < 4.78 is 11.7. The second-order valence-corrected chi connectivity index (χ2v) is 8.01. The molecule has 0 fully saturated rings. The van der Waals surface area contributed by atoms with Gasteiger partial charge in [-0.3, -0.25) is 4.79 Å². The molecule has 2 aromatic carbocycles. The Labute approximate surface area is 179 Å². The fourth-order valence-electron chi connectivity index (χ4n) is 2.79. The summed E-state index contributed by atoms with van der Waals surface area (Å²) in [7, 11) is 3.21. The third-order valence-corrected chi connectivity index (χ3v) is 5.97. The van der Waals surface area contributed by atoms with Crippen LogP contribution in [0.2, 0.25) is 0 Å². The van der Waals surface area contributed by atoms with E-state index in [1.807, 2.05) is 38.1 Å². The highest BCUT2D eigenvalue weighted by Crippen LogP contribution is 2.30. The first kappa shape index (κ1) is 21.5. The van der Waals surface area contributed by atoms with Crippen molar-refractivity contribution in [2.45, 2.75) is 24.3 Å². The number of nitrogens with zero attached hydrogens (tertiary/aromatic N) is 3. The minimum atomic E-state index is -0.401. The van der Waals surface area contributed by atoms with Gasteiger partial charge in [-0.15, -0.1) is 10.2 Å². The van der Waals surface area contributed by atoms with Gasteiger partial charge in [0.25, 0.3) is 0 Å². The molecule has 3 aromatic rings. The zero-order valence-corrected chi connectivity index (χ0v) is 18.1. The van der Waals surface area contributed by atoms with Crippen LogP contribution < -0.4 is 20.6 Å². The van der Waals surface area contributed by atoms with Crippen molar-refractivity contribution in [1.82, 2.24) is 14.9 Å². The van der Waals surface area contributed by atoms with Crippen LogP contribution in [-0.4, -0.2) is 40.3 Å². The highest BCUT2D eigenvalue weighted by molar-refractivity contribution is 8.00. The minimum absolute atomic E-state index is 0.0504. The number of nitrogen functional groups attached to an aromatic ring is 1. The second-order valence-electron chi connectivity index (χ2n) is 6.90. The molecule has 3 N–H and O–H groups in total. The number of benzene rings is 2. The third kappa shape index (κ3) is 4.85. The van der Waals surface area contributed by atoms with Gasteiger partial charge in [0.2, 0.25) is 11.1 Å². The van der Waals surface area contributed by atoms with Crippen LogP contribution in [0.5, 0.6) is 11.5 Å². The van der Waals surface area contributed by atoms with E-state index in [4.69, 9.17) is 15.3 Å². The molecule has 9 heteroatoms. The lowest BCUT2D eigenvalue weighted by Gasteiger charge is -2.19. The van der Waals surface area contributed by atoms with E-state index in [0.29, 0.717) is 16.7 Å². The number of carbonyl (C=O) groups excluding carboxylic acids is 1. The predicted molar refractivity (Wildman–Crippen MR) is 118 cm³/mol. The van der Waals surface area contributed by atoms with E-state index in [0.717, 1.165) is 17.1 Å². The summed E-state index contributed by atoms with van der Waals surface area (Å²) in [5, 5.41) is 11.4. The summed E-state index contributed by atoms with van der Waals surface area (Å²) in [5.41, 5.74) is 1.50. The zero-order chi connectivity index (χ0) is 21.7.